The van der Waals surface area contributed by atoms with E-state index in [1.165, 1.54) is 0 Å². The summed E-state index contributed by atoms with van der Waals surface area (Å²) in [6, 6.07) is 12.9. The Labute approximate surface area is 152 Å². The Morgan fingerprint density at radius 2 is 1.54 bits per heavy atom. The van der Waals surface area contributed by atoms with Crippen molar-refractivity contribution in [1.29, 1.82) is 0 Å². The Kier molecular flexibility index (Phi) is 4.71. The summed E-state index contributed by atoms with van der Waals surface area (Å²) in [5, 5.41) is 2.80. The lowest BCUT2D eigenvalue weighted by Crippen LogP contribution is -2.50. The first-order valence-corrected chi connectivity index (χ1v) is 8.44. The Hall–Kier alpha value is -3.21. The van der Waals surface area contributed by atoms with E-state index in [0.29, 0.717) is 16.8 Å². The lowest BCUT2D eigenvalue weighted by Gasteiger charge is -2.28. The second kappa shape index (κ2) is 6.96. The summed E-state index contributed by atoms with van der Waals surface area (Å²) in [5.74, 6) is -1.48. The molecule has 1 aliphatic rings. The molecule has 132 valence electrons. The molecular formula is C21H20N2O3. The Morgan fingerprint density at radius 3 is 2.00 bits per heavy atom. The summed E-state index contributed by atoms with van der Waals surface area (Å²) in [4.78, 5) is 39.3. The van der Waals surface area contributed by atoms with E-state index in [1.807, 2.05) is 26.0 Å². The van der Waals surface area contributed by atoms with E-state index in [-0.39, 0.29) is 11.8 Å². The first kappa shape index (κ1) is 17.6. The van der Waals surface area contributed by atoms with Gasteiger partial charge in [0.15, 0.2) is 0 Å². The van der Waals surface area contributed by atoms with Crippen molar-refractivity contribution in [2.24, 2.45) is 5.92 Å². The number of amides is 3. The minimum absolute atomic E-state index is 0.232. The maximum absolute atomic E-state index is 12.9. The van der Waals surface area contributed by atoms with Crippen LogP contribution >= 0.6 is 0 Å². The van der Waals surface area contributed by atoms with Crippen molar-refractivity contribution in [3.63, 3.8) is 0 Å². The molecule has 5 heteroatoms. The number of anilines is 1. The molecule has 1 N–H and O–H groups in total. The predicted octanol–water partition coefficient (Wildman–Crippen LogP) is 3.59. The van der Waals surface area contributed by atoms with Gasteiger partial charge in [-0.1, -0.05) is 50.8 Å². The van der Waals surface area contributed by atoms with Crippen molar-refractivity contribution in [1.82, 2.24) is 4.90 Å². The molecule has 0 aromatic heterocycles. The smallest absolute Gasteiger partial charge is 0.262 e. The molecule has 0 radical (unpaired) electrons. The molecule has 0 bridgehead atoms. The molecule has 0 aliphatic carbocycles. The van der Waals surface area contributed by atoms with Crippen LogP contribution in [0, 0.1) is 5.92 Å². The summed E-state index contributed by atoms with van der Waals surface area (Å²) >= 11 is 0. The number of nitrogens with zero attached hydrogens (tertiary/aromatic N) is 1. The molecule has 0 fully saturated rings. The van der Waals surface area contributed by atoms with Gasteiger partial charge in [-0.3, -0.25) is 19.3 Å². The lowest BCUT2D eigenvalue weighted by molar-refractivity contribution is -0.121. The molecule has 0 unspecified atom stereocenters. The van der Waals surface area contributed by atoms with Gasteiger partial charge in [0.05, 0.1) is 11.1 Å². The van der Waals surface area contributed by atoms with Crippen LogP contribution in [0.1, 0.15) is 40.1 Å². The summed E-state index contributed by atoms with van der Waals surface area (Å²) < 4.78 is 0. The van der Waals surface area contributed by atoms with Crippen molar-refractivity contribution in [3.05, 3.63) is 71.8 Å². The average Bonchev–Trinajstić information content (AvgIpc) is 2.88. The second-order valence-electron chi connectivity index (χ2n) is 6.53. The fraction of sp³-hybridized carbons (Fsp3) is 0.190. The SMILES string of the molecule is C=Cc1ccc(NC(=O)[C@H](C(C)C)N2C(=O)c3ccccc3C2=O)cc1. The highest BCUT2D eigenvalue weighted by atomic mass is 16.2. The third-order valence-corrected chi connectivity index (χ3v) is 4.42. The average molecular weight is 348 g/mol. The molecule has 5 nitrogen and oxygen atoms in total. The fourth-order valence-corrected chi connectivity index (χ4v) is 3.10. The zero-order valence-corrected chi connectivity index (χ0v) is 14.7. The van der Waals surface area contributed by atoms with Gasteiger partial charge in [0.25, 0.3) is 11.8 Å². The molecule has 2 aromatic carbocycles. The Morgan fingerprint density at radius 1 is 1.00 bits per heavy atom. The number of benzene rings is 2. The van der Waals surface area contributed by atoms with Gasteiger partial charge < -0.3 is 5.32 Å². The number of hydrogen-bond acceptors (Lipinski definition) is 3. The van der Waals surface area contributed by atoms with Crippen LogP contribution in [0.5, 0.6) is 0 Å². The summed E-state index contributed by atoms with van der Waals surface area (Å²) in [6.07, 6.45) is 1.71. The minimum atomic E-state index is -0.888. The molecule has 1 heterocycles. The van der Waals surface area contributed by atoms with Gasteiger partial charge in [0.2, 0.25) is 5.91 Å². The Balaban J connectivity index is 1.87. The molecule has 0 saturated carbocycles. The van der Waals surface area contributed by atoms with Gasteiger partial charge in [-0.2, -0.15) is 0 Å². The van der Waals surface area contributed by atoms with Crippen molar-refractivity contribution >= 4 is 29.5 Å². The van der Waals surface area contributed by atoms with Crippen molar-refractivity contribution in [3.8, 4) is 0 Å². The molecular weight excluding hydrogens is 328 g/mol. The van der Waals surface area contributed by atoms with Gasteiger partial charge in [0.1, 0.15) is 6.04 Å². The number of hydrogen-bond donors (Lipinski definition) is 1. The van der Waals surface area contributed by atoms with E-state index in [4.69, 9.17) is 0 Å². The van der Waals surface area contributed by atoms with Gasteiger partial charge in [-0.25, -0.2) is 0 Å². The van der Waals surface area contributed by atoms with Gasteiger partial charge in [0, 0.05) is 5.69 Å². The molecule has 1 aliphatic heterocycles. The summed E-state index contributed by atoms with van der Waals surface area (Å²) in [5.41, 5.74) is 2.21. The van der Waals surface area contributed by atoms with Crippen LogP contribution in [-0.2, 0) is 4.79 Å². The fourth-order valence-electron chi connectivity index (χ4n) is 3.10. The highest BCUT2D eigenvalue weighted by Gasteiger charge is 2.43. The minimum Gasteiger partial charge on any atom is -0.324 e. The van der Waals surface area contributed by atoms with Crippen LogP contribution < -0.4 is 5.32 Å². The second-order valence-corrected chi connectivity index (χ2v) is 6.53. The largest absolute Gasteiger partial charge is 0.324 e. The van der Waals surface area contributed by atoms with E-state index < -0.39 is 17.9 Å². The summed E-state index contributed by atoms with van der Waals surface area (Å²) in [7, 11) is 0. The third kappa shape index (κ3) is 3.04. The van der Waals surface area contributed by atoms with E-state index in [9.17, 15) is 14.4 Å². The normalized spacial score (nSPS) is 14.3. The van der Waals surface area contributed by atoms with E-state index in [0.717, 1.165) is 10.5 Å². The highest BCUT2D eigenvalue weighted by Crippen LogP contribution is 2.27. The zero-order chi connectivity index (χ0) is 18.8. The molecule has 26 heavy (non-hydrogen) atoms. The molecule has 2 aromatic rings. The number of rotatable bonds is 5. The van der Waals surface area contributed by atoms with E-state index in [1.54, 1.807) is 42.5 Å². The van der Waals surface area contributed by atoms with E-state index in [2.05, 4.69) is 11.9 Å². The predicted molar refractivity (Wildman–Crippen MR) is 101 cm³/mol. The maximum atomic E-state index is 12.9. The molecule has 0 spiro atoms. The van der Waals surface area contributed by atoms with Crippen molar-refractivity contribution in [2.75, 3.05) is 5.32 Å². The van der Waals surface area contributed by atoms with E-state index >= 15 is 0 Å². The summed E-state index contributed by atoms with van der Waals surface area (Å²) in [6.45, 7) is 7.32. The topological polar surface area (TPSA) is 66.5 Å². The van der Waals surface area contributed by atoms with Crippen LogP contribution in [0.2, 0.25) is 0 Å². The van der Waals surface area contributed by atoms with Crippen molar-refractivity contribution in [2.45, 2.75) is 19.9 Å². The molecule has 3 rings (SSSR count). The lowest BCUT2D eigenvalue weighted by atomic mass is 10.0. The Bertz CT molecular complexity index is 849. The number of carbonyl (C=O) groups excluding carboxylic acids is 3. The number of fused-ring (bicyclic) bond motifs is 1. The van der Waals surface area contributed by atoms with Gasteiger partial charge in [-0.05, 0) is 35.7 Å². The van der Waals surface area contributed by atoms with Gasteiger partial charge in [-0.15, -0.1) is 0 Å². The zero-order valence-electron chi connectivity index (χ0n) is 14.7. The quantitative estimate of drug-likeness (QED) is 0.840. The van der Waals surface area contributed by atoms with Crippen LogP contribution in [0.4, 0.5) is 5.69 Å². The standard InChI is InChI=1S/C21H20N2O3/c1-4-14-9-11-15(12-10-14)22-19(24)18(13(2)3)23-20(25)16-7-5-6-8-17(16)21(23)26/h4-13,18H,1H2,2-3H3,(H,22,24)/t18-/m0/s1. The van der Waals surface area contributed by atoms with Crippen LogP contribution in [0.25, 0.3) is 6.08 Å². The number of nitrogens with one attached hydrogen (secondary N) is 1. The van der Waals surface area contributed by atoms with Crippen LogP contribution in [0.3, 0.4) is 0 Å². The van der Waals surface area contributed by atoms with Crippen molar-refractivity contribution < 1.29 is 14.4 Å². The maximum Gasteiger partial charge on any atom is 0.262 e. The highest BCUT2D eigenvalue weighted by molar-refractivity contribution is 6.23. The van der Waals surface area contributed by atoms with Crippen LogP contribution in [0.15, 0.2) is 55.1 Å². The molecule has 0 saturated heterocycles. The third-order valence-electron chi connectivity index (χ3n) is 4.42. The number of imide groups is 1. The molecule has 1 atom stereocenters. The first-order chi connectivity index (χ1) is 12.4. The first-order valence-electron chi connectivity index (χ1n) is 8.44. The monoisotopic (exact) mass is 348 g/mol. The number of carbonyl (C=O) groups is 3. The van der Waals surface area contributed by atoms with Crippen LogP contribution in [-0.4, -0.2) is 28.7 Å². The molecule has 3 amide bonds. The van der Waals surface area contributed by atoms with Gasteiger partial charge >= 0.3 is 0 Å².